The van der Waals surface area contributed by atoms with Crippen molar-refractivity contribution in [3.8, 4) is 0 Å². The minimum atomic E-state index is -0.225. The number of amides is 1. The molecule has 3 aromatic rings. The summed E-state index contributed by atoms with van der Waals surface area (Å²) in [5, 5.41) is 8.22. The van der Waals surface area contributed by atoms with Gasteiger partial charge in [-0.3, -0.25) is 4.79 Å². The minimum absolute atomic E-state index is 0.216. The van der Waals surface area contributed by atoms with E-state index in [1.807, 2.05) is 0 Å². The zero-order valence-corrected chi connectivity index (χ0v) is 13.4. The monoisotopic (exact) mass is 315 g/mol. The molecule has 3 aromatic heterocycles. The number of rotatable bonds is 3. The summed E-state index contributed by atoms with van der Waals surface area (Å²) in [7, 11) is 0. The molecule has 3 heterocycles. The molecule has 0 spiro atoms. The second-order valence-corrected chi connectivity index (χ2v) is 7.17. The predicted octanol–water partition coefficient (Wildman–Crippen LogP) is 2.21. The first kappa shape index (κ1) is 13.6. The zero-order valence-electron chi connectivity index (χ0n) is 12.6. The molecule has 0 aromatic carbocycles. The van der Waals surface area contributed by atoms with Crippen molar-refractivity contribution in [1.82, 2.24) is 24.9 Å². The number of hydrogen-bond donors (Lipinski definition) is 1. The van der Waals surface area contributed by atoms with Crippen molar-refractivity contribution < 1.29 is 4.79 Å². The molecule has 114 valence electrons. The highest BCUT2D eigenvalue weighted by molar-refractivity contribution is 7.19. The van der Waals surface area contributed by atoms with Gasteiger partial charge in [0.15, 0.2) is 5.65 Å². The lowest BCUT2D eigenvalue weighted by Crippen LogP contribution is -2.28. The van der Waals surface area contributed by atoms with Gasteiger partial charge in [-0.05, 0) is 30.7 Å². The van der Waals surface area contributed by atoms with Crippen LogP contribution in [0.25, 0.3) is 15.9 Å². The normalized spacial score (nSPS) is 14.1. The fourth-order valence-corrected chi connectivity index (χ4v) is 4.09. The number of hydrogen-bond acceptors (Lipinski definition) is 5. The second-order valence-electron chi connectivity index (χ2n) is 6.09. The van der Waals surface area contributed by atoms with Crippen LogP contribution in [0, 0.1) is 5.92 Å². The Bertz CT molecular complexity index is 879. The summed E-state index contributed by atoms with van der Waals surface area (Å²) in [5.41, 5.74) is 2.10. The van der Waals surface area contributed by atoms with Gasteiger partial charge in [0, 0.05) is 11.4 Å². The Kier molecular flexibility index (Phi) is 3.11. The van der Waals surface area contributed by atoms with E-state index in [4.69, 9.17) is 0 Å². The van der Waals surface area contributed by atoms with E-state index in [0.717, 1.165) is 28.7 Å². The Morgan fingerprint density at radius 3 is 3.14 bits per heavy atom. The highest BCUT2D eigenvalue weighted by atomic mass is 32.1. The van der Waals surface area contributed by atoms with E-state index in [-0.39, 0.29) is 11.7 Å². The Labute approximate surface area is 131 Å². The summed E-state index contributed by atoms with van der Waals surface area (Å²) in [5.74, 6) is 0.389. The lowest BCUT2D eigenvalue weighted by Gasteiger charge is -2.04. The number of carbonyl (C=O) groups excluding carboxylic acids is 1. The van der Waals surface area contributed by atoms with Crippen LogP contribution >= 0.6 is 11.3 Å². The van der Waals surface area contributed by atoms with Gasteiger partial charge in [-0.15, -0.1) is 16.4 Å². The quantitative estimate of drug-likeness (QED) is 0.804. The highest BCUT2D eigenvalue weighted by Gasteiger charge is 2.23. The summed E-state index contributed by atoms with van der Waals surface area (Å²) in [6.07, 6.45) is 5.03. The Balaban J connectivity index is 1.80. The number of fused-ring (bicyclic) bond motifs is 5. The number of thiophene rings is 1. The van der Waals surface area contributed by atoms with Crippen molar-refractivity contribution in [3.05, 3.63) is 22.6 Å². The number of aryl methyl sites for hydroxylation is 2. The molecule has 0 atom stereocenters. The van der Waals surface area contributed by atoms with Gasteiger partial charge in [0.1, 0.15) is 11.2 Å². The lowest BCUT2D eigenvalue weighted by atomic mass is 10.2. The fraction of sp³-hybridized carbons (Fsp3) is 0.467. The van der Waals surface area contributed by atoms with Crippen LogP contribution in [0.2, 0.25) is 0 Å². The van der Waals surface area contributed by atoms with Gasteiger partial charge in [0.25, 0.3) is 5.91 Å². The Hall–Kier alpha value is -2.02. The maximum absolute atomic E-state index is 12.2. The maximum atomic E-state index is 12.2. The van der Waals surface area contributed by atoms with Crippen LogP contribution in [0.3, 0.4) is 0 Å². The van der Waals surface area contributed by atoms with Gasteiger partial charge >= 0.3 is 0 Å². The van der Waals surface area contributed by atoms with Gasteiger partial charge in [0.2, 0.25) is 5.82 Å². The van der Waals surface area contributed by atoms with Gasteiger partial charge in [0.05, 0.1) is 5.39 Å². The van der Waals surface area contributed by atoms with Crippen LogP contribution in [-0.2, 0) is 12.8 Å². The third-order valence-electron chi connectivity index (χ3n) is 3.92. The SMILES string of the molecule is CC(C)CNC(=O)c1nc2c3c4c(sc3ncn2n1)CCC4. The summed E-state index contributed by atoms with van der Waals surface area (Å²) >= 11 is 1.74. The molecule has 1 aliphatic rings. The molecule has 1 aliphatic carbocycles. The number of aromatic nitrogens is 4. The van der Waals surface area contributed by atoms with Crippen molar-refractivity contribution in [3.63, 3.8) is 0 Å². The lowest BCUT2D eigenvalue weighted by molar-refractivity contribution is 0.0939. The van der Waals surface area contributed by atoms with Crippen molar-refractivity contribution >= 4 is 33.1 Å². The van der Waals surface area contributed by atoms with Crippen LogP contribution in [0.1, 0.15) is 41.3 Å². The molecule has 1 N–H and O–H groups in total. The summed E-state index contributed by atoms with van der Waals surface area (Å²) in [6, 6.07) is 0. The molecule has 0 aliphatic heterocycles. The van der Waals surface area contributed by atoms with Crippen LogP contribution < -0.4 is 5.32 Å². The number of nitrogens with one attached hydrogen (secondary N) is 1. The molecule has 0 unspecified atom stereocenters. The molecule has 4 rings (SSSR count). The third kappa shape index (κ3) is 2.08. The van der Waals surface area contributed by atoms with Gasteiger partial charge in [-0.2, -0.15) is 0 Å². The van der Waals surface area contributed by atoms with Crippen LogP contribution in [0.15, 0.2) is 6.33 Å². The summed E-state index contributed by atoms with van der Waals surface area (Å²) < 4.78 is 1.62. The van der Waals surface area contributed by atoms with Crippen molar-refractivity contribution in [2.45, 2.75) is 33.1 Å². The van der Waals surface area contributed by atoms with Gasteiger partial charge in [-0.25, -0.2) is 14.5 Å². The molecule has 0 fully saturated rings. The number of nitrogens with zero attached hydrogens (tertiary/aromatic N) is 4. The van der Waals surface area contributed by atoms with Crippen LogP contribution in [-0.4, -0.2) is 32.0 Å². The first-order valence-electron chi connectivity index (χ1n) is 7.57. The molecular formula is C15H17N5OS. The first-order chi connectivity index (χ1) is 10.6. The fourth-order valence-electron chi connectivity index (χ4n) is 2.86. The van der Waals surface area contributed by atoms with E-state index in [1.54, 1.807) is 22.2 Å². The average molecular weight is 315 g/mol. The molecule has 1 amide bonds. The van der Waals surface area contributed by atoms with E-state index in [2.05, 4.69) is 34.2 Å². The Morgan fingerprint density at radius 2 is 2.32 bits per heavy atom. The van der Waals surface area contributed by atoms with Gasteiger partial charge in [-0.1, -0.05) is 13.8 Å². The van der Waals surface area contributed by atoms with Crippen molar-refractivity contribution in [2.24, 2.45) is 5.92 Å². The van der Waals surface area contributed by atoms with E-state index in [9.17, 15) is 4.79 Å². The maximum Gasteiger partial charge on any atom is 0.291 e. The van der Waals surface area contributed by atoms with Crippen LogP contribution in [0.5, 0.6) is 0 Å². The molecule has 7 heteroatoms. The minimum Gasteiger partial charge on any atom is -0.349 e. The summed E-state index contributed by atoms with van der Waals surface area (Å²) in [6.45, 7) is 4.73. The first-order valence-corrected chi connectivity index (χ1v) is 8.39. The van der Waals surface area contributed by atoms with Crippen LogP contribution in [0.4, 0.5) is 0 Å². The highest BCUT2D eigenvalue weighted by Crippen LogP contribution is 2.37. The average Bonchev–Trinajstić information content (AvgIpc) is 3.16. The molecule has 0 saturated heterocycles. The standard InChI is InChI=1S/C15H17N5OS/c1-8(2)6-16-14(21)12-18-13-11-9-4-3-5-10(9)22-15(11)17-7-20(13)19-12/h7-8H,3-6H2,1-2H3,(H,16,21). The molecular weight excluding hydrogens is 298 g/mol. The zero-order chi connectivity index (χ0) is 15.3. The van der Waals surface area contributed by atoms with Crippen molar-refractivity contribution in [2.75, 3.05) is 6.54 Å². The summed E-state index contributed by atoms with van der Waals surface area (Å²) in [4.78, 5) is 23.5. The van der Waals surface area contributed by atoms with Gasteiger partial charge < -0.3 is 5.32 Å². The third-order valence-corrected chi connectivity index (χ3v) is 5.12. The van der Waals surface area contributed by atoms with E-state index >= 15 is 0 Å². The topological polar surface area (TPSA) is 72.2 Å². The largest absolute Gasteiger partial charge is 0.349 e. The molecule has 0 radical (unpaired) electrons. The second kappa shape index (κ2) is 5.01. The molecule has 6 nitrogen and oxygen atoms in total. The molecule has 0 bridgehead atoms. The Morgan fingerprint density at radius 1 is 1.45 bits per heavy atom. The van der Waals surface area contributed by atoms with E-state index in [0.29, 0.717) is 12.5 Å². The van der Waals surface area contributed by atoms with Crippen molar-refractivity contribution in [1.29, 1.82) is 0 Å². The smallest absolute Gasteiger partial charge is 0.291 e. The molecule has 22 heavy (non-hydrogen) atoms. The molecule has 0 saturated carbocycles. The van der Waals surface area contributed by atoms with E-state index < -0.39 is 0 Å². The predicted molar refractivity (Wildman–Crippen MR) is 85.4 cm³/mol. The number of carbonyl (C=O) groups is 1. The van der Waals surface area contributed by atoms with E-state index in [1.165, 1.54) is 16.9 Å².